The number of amides is 1. The topological polar surface area (TPSA) is 135 Å². The highest BCUT2D eigenvalue weighted by atomic mass is 32.2. The van der Waals surface area contributed by atoms with Crippen molar-refractivity contribution >= 4 is 71.5 Å². The van der Waals surface area contributed by atoms with Crippen molar-refractivity contribution in [3.05, 3.63) is 126 Å². The third kappa shape index (κ3) is 9.35. The lowest BCUT2D eigenvalue weighted by atomic mass is 9.73. The molecule has 1 saturated heterocycles. The number of rotatable bonds is 17. The van der Waals surface area contributed by atoms with E-state index in [-0.39, 0.29) is 35.1 Å². The molecule has 1 amide bonds. The second-order valence-electron chi connectivity index (χ2n) is 16.3. The minimum absolute atomic E-state index is 0.0750. The van der Waals surface area contributed by atoms with E-state index in [4.69, 9.17) is 13.9 Å². The van der Waals surface area contributed by atoms with Gasteiger partial charge < -0.3 is 23.9 Å². The SMILES string of the molecule is COc1ccc(COC(=O)C(N2C(=O)[C@H]([C@@H](C)O[Si](C)(C)C(C)(C)C)[C@H]2[C@H](CC#N)[C@@H](O)CSc2nncs2)=P(c2ccccc2)(c2ccccc2)c2ccccc2)cc1. The molecule has 0 unspecified atom stereocenters. The fraction of sp³-hybridized carbons (Fsp3) is 0.348. The number of aromatic nitrogens is 2. The fourth-order valence-electron chi connectivity index (χ4n) is 7.63. The van der Waals surface area contributed by atoms with Crippen LogP contribution in [0.15, 0.2) is 125 Å². The van der Waals surface area contributed by atoms with Gasteiger partial charge in [-0.3, -0.25) is 4.79 Å². The van der Waals surface area contributed by atoms with Gasteiger partial charge in [-0.05, 0) is 58.7 Å². The molecule has 1 fully saturated rings. The quantitative estimate of drug-likeness (QED) is 0.0327. The summed E-state index contributed by atoms with van der Waals surface area (Å²) in [4.78, 5) is 32.7. The number of hydrogen-bond acceptors (Lipinski definition) is 11. The summed E-state index contributed by atoms with van der Waals surface area (Å²) in [5.41, 5.74) is 2.54. The zero-order chi connectivity index (χ0) is 43.1. The van der Waals surface area contributed by atoms with Crippen LogP contribution in [0, 0.1) is 23.2 Å². The van der Waals surface area contributed by atoms with Crippen LogP contribution in [-0.2, 0) is 25.4 Å². The number of thioether (sulfide) groups is 1. The van der Waals surface area contributed by atoms with Crippen LogP contribution in [0.5, 0.6) is 5.75 Å². The molecule has 1 aliphatic rings. The minimum atomic E-state index is -3.31. The molecule has 0 saturated carbocycles. The Morgan fingerprint density at radius 3 is 1.97 bits per heavy atom. The molecular formula is C46H53N4O6PS2Si. The lowest BCUT2D eigenvalue weighted by molar-refractivity contribution is -0.163. The Bertz CT molecular complexity index is 2200. The molecular weight excluding hydrogens is 828 g/mol. The normalized spacial score (nSPS) is 17.2. The van der Waals surface area contributed by atoms with Gasteiger partial charge in [-0.15, -0.1) is 10.2 Å². The van der Waals surface area contributed by atoms with Crippen LogP contribution < -0.4 is 20.7 Å². The Labute approximate surface area is 363 Å². The average molecular weight is 881 g/mol. The van der Waals surface area contributed by atoms with Gasteiger partial charge >= 0.3 is 5.97 Å². The molecule has 2 heterocycles. The molecule has 0 spiro atoms. The largest absolute Gasteiger partial charge is 0.497 e. The van der Waals surface area contributed by atoms with Crippen LogP contribution in [0.3, 0.4) is 0 Å². The molecule has 5 atom stereocenters. The zero-order valence-corrected chi connectivity index (χ0v) is 38.6. The van der Waals surface area contributed by atoms with E-state index in [0.29, 0.717) is 10.1 Å². The lowest BCUT2D eigenvalue weighted by Gasteiger charge is -2.55. The molecule has 0 aliphatic carbocycles. The van der Waals surface area contributed by atoms with Gasteiger partial charge in [0.25, 0.3) is 0 Å². The first-order valence-corrected chi connectivity index (χ1v) is 26.5. The molecule has 0 bridgehead atoms. The molecule has 4 aromatic carbocycles. The molecule has 314 valence electrons. The van der Waals surface area contributed by atoms with Gasteiger partial charge in [0, 0.05) is 25.0 Å². The number of β-lactam (4-membered cyclic amide) rings is 1. The highest BCUT2D eigenvalue weighted by Crippen LogP contribution is 2.52. The zero-order valence-electron chi connectivity index (χ0n) is 35.1. The molecule has 0 radical (unpaired) electrons. The first kappa shape index (κ1) is 45.0. The van der Waals surface area contributed by atoms with Gasteiger partial charge in [0.1, 0.15) is 23.3 Å². The van der Waals surface area contributed by atoms with Crippen LogP contribution in [0.1, 0.15) is 39.7 Å². The molecule has 1 aliphatic heterocycles. The Morgan fingerprint density at radius 2 is 1.50 bits per heavy atom. The summed E-state index contributed by atoms with van der Waals surface area (Å²) in [6, 6.07) is 38.2. The molecule has 10 nitrogen and oxygen atoms in total. The number of nitrogens with zero attached hydrogens (tertiary/aromatic N) is 4. The van der Waals surface area contributed by atoms with Gasteiger partial charge in [0.05, 0.1) is 37.3 Å². The molecule has 6 rings (SSSR count). The van der Waals surface area contributed by atoms with E-state index >= 15 is 9.59 Å². The van der Waals surface area contributed by atoms with Crippen molar-refractivity contribution in [2.45, 2.75) is 81.4 Å². The average Bonchev–Trinajstić information content (AvgIpc) is 3.78. The Kier molecular flexibility index (Phi) is 14.6. The first-order valence-electron chi connectivity index (χ1n) is 19.9. The van der Waals surface area contributed by atoms with Crippen LogP contribution in [0.4, 0.5) is 0 Å². The highest BCUT2D eigenvalue weighted by molar-refractivity contribution is 8.01. The monoisotopic (exact) mass is 880 g/mol. The fourth-order valence-corrected chi connectivity index (χ4v) is 15.0. The maximum Gasteiger partial charge on any atom is 0.356 e. The van der Waals surface area contributed by atoms with Crippen molar-refractivity contribution in [1.82, 2.24) is 15.1 Å². The number of carbonyl (C=O) groups is 2. The van der Waals surface area contributed by atoms with Crippen LogP contribution in [0.2, 0.25) is 18.1 Å². The number of likely N-dealkylation sites (tertiary alicyclic amines) is 1. The minimum Gasteiger partial charge on any atom is -0.497 e. The van der Waals surface area contributed by atoms with E-state index < -0.39 is 51.3 Å². The second kappa shape index (κ2) is 19.4. The van der Waals surface area contributed by atoms with Crippen LogP contribution in [0.25, 0.3) is 0 Å². The summed E-state index contributed by atoms with van der Waals surface area (Å²) >= 11 is 2.70. The third-order valence-electron chi connectivity index (χ3n) is 11.6. The van der Waals surface area contributed by atoms with Crippen molar-refractivity contribution in [3.8, 4) is 11.8 Å². The number of hydrogen-bond donors (Lipinski definition) is 1. The summed E-state index contributed by atoms with van der Waals surface area (Å²) in [7, 11) is -0.853. The smallest absolute Gasteiger partial charge is 0.356 e. The van der Waals surface area contributed by atoms with Crippen molar-refractivity contribution in [3.63, 3.8) is 0 Å². The van der Waals surface area contributed by atoms with Gasteiger partial charge in [0.2, 0.25) is 5.91 Å². The van der Waals surface area contributed by atoms with E-state index in [1.807, 2.05) is 110 Å². The predicted molar refractivity (Wildman–Crippen MR) is 245 cm³/mol. The van der Waals surface area contributed by atoms with Gasteiger partial charge in [-0.2, -0.15) is 5.26 Å². The third-order valence-corrected chi connectivity index (χ3v) is 22.4. The molecule has 5 aromatic rings. The number of nitriles is 1. The maximum absolute atomic E-state index is 15.6. The van der Waals surface area contributed by atoms with Crippen molar-refractivity contribution in [2.75, 3.05) is 12.9 Å². The number of aliphatic hydroxyl groups is 1. The number of benzene rings is 4. The van der Waals surface area contributed by atoms with Gasteiger partial charge in [0.15, 0.2) is 12.7 Å². The standard InChI is InChI=1S/C46H53N4O6PS2Si/c1-32(56-60(6,7)46(2,3)4)40-41(38(27-28-47)39(51)30-58-45-49-48-31-59-45)50(42(40)52)43(44(53)55-29-33-23-25-34(54-5)26-24-33)57(35-17-11-8-12-18-35,36-19-13-9-14-20-36)37-21-15-10-16-22-37/h8-26,31-32,38-41,51H,27,29-30H2,1-7H3/t32-,38-,39+,40-,41-/m1/s1. The summed E-state index contributed by atoms with van der Waals surface area (Å²) < 4.78 is 19.4. The maximum atomic E-state index is 15.6. The summed E-state index contributed by atoms with van der Waals surface area (Å²) in [6.07, 6.45) is -1.76. The number of esters is 1. The molecule has 1 aromatic heterocycles. The number of methoxy groups -OCH3 is 1. The Hall–Kier alpha value is -4.54. The molecule has 1 N–H and O–H groups in total. The highest BCUT2D eigenvalue weighted by Gasteiger charge is 2.60. The Balaban J connectivity index is 1.64. The lowest BCUT2D eigenvalue weighted by Crippen LogP contribution is -2.72. The van der Waals surface area contributed by atoms with Crippen molar-refractivity contribution in [1.29, 1.82) is 5.26 Å². The molecule has 14 heteroatoms. The van der Waals surface area contributed by atoms with Crippen LogP contribution >= 0.6 is 30.0 Å². The van der Waals surface area contributed by atoms with E-state index in [9.17, 15) is 10.4 Å². The Morgan fingerprint density at radius 1 is 0.950 bits per heavy atom. The van der Waals surface area contributed by atoms with E-state index in [0.717, 1.165) is 21.5 Å². The summed E-state index contributed by atoms with van der Waals surface area (Å²) in [5.74, 6) is -1.69. The van der Waals surface area contributed by atoms with E-state index in [1.54, 1.807) is 29.7 Å². The molecule has 60 heavy (non-hydrogen) atoms. The number of ether oxygens (including phenoxy) is 2. The summed E-state index contributed by atoms with van der Waals surface area (Å²) in [6.45, 7) is 9.26. The van der Waals surface area contributed by atoms with Gasteiger partial charge in [-0.25, -0.2) is 4.79 Å². The summed E-state index contributed by atoms with van der Waals surface area (Å²) in [5, 5.41) is 33.1. The van der Waals surface area contributed by atoms with Crippen molar-refractivity contribution < 1.29 is 28.6 Å². The van der Waals surface area contributed by atoms with Gasteiger partial charge in [-0.1, -0.05) is 147 Å². The van der Waals surface area contributed by atoms with Crippen molar-refractivity contribution in [2.24, 2.45) is 11.8 Å². The van der Waals surface area contributed by atoms with E-state index in [2.05, 4.69) is 50.1 Å². The number of carbonyl (C=O) groups excluding carboxylic acids is 2. The second-order valence-corrected chi connectivity index (χ2v) is 26.5. The van der Waals surface area contributed by atoms with E-state index in [1.165, 1.54) is 23.1 Å². The van der Waals surface area contributed by atoms with Crippen LogP contribution in [-0.4, -0.2) is 76.9 Å². The predicted octanol–water partition coefficient (Wildman–Crippen LogP) is 7.63. The number of aliphatic hydroxyl groups excluding tert-OH is 1. The first-order chi connectivity index (χ1) is 28.7.